The number of hydrogen-bond acceptors (Lipinski definition) is 5. The summed E-state index contributed by atoms with van der Waals surface area (Å²) in [5, 5.41) is 16.5. The molecule has 2 aromatic carbocycles. The van der Waals surface area contributed by atoms with Crippen LogP contribution in [0.5, 0.6) is 0 Å². The predicted molar refractivity (Wildman–Crippen MR) is 116 cm³/mol. The Bertz CT molecular complexity index is 1270. The maximum atomic E-state index is 13.1. The molecular formula is C20H19FN4O3S2. The van der Waals surface area contributed by atoms with Crippen molar-refractivity contribution < 1.29 is 17.6 Å². The monoisotopic (exact) mass is 446 g/mol. The summed E-state index contributed by atoms with van der Waals surface area (Å²) in [5.41, 5.74) is 0.610. The molecule has 2 heterocycles. The molecule has 156 valence electrons. The van der Waals surface area contributed by atoms with Crippen molar-refractivity contribution in [3.63, 3.8) is 0 Å². The van der Waals surface area contributed by atoms with Gasteiger partial charge in [-0.15, -0.1) is 11.3 Å². The van der Waals surface area contributed by atoms with Crippen LogP contribution in [0.4, 0.5) is 10.1 Å². The number of rotatable bonds is 3. The molecule has 1 aromatic heterocycles. The van der Waals surface area contributed by atoms with E-state index in [4.69, 9.17) is 5.41 Å². The number of hydrogen-bond donors (Lipinski definition) is 3. The van der Waals surface area contributed by atoms with Gasteiger partial charge in [0.15, 0.2) is 0 Å². The van der Waals surface area contributed by atoms with E-state index in [9.17, 15) is 17.6 Å². The summed E-state index contributed by atoms with van der Waals surface area (Å²) in [5.74, 6) is -1.19. The van der Waals surface area contributed by atoms with E-state index in [2.05, 4.69) is 10.6 Å². The normalized spacial score (nSPS) is 20.8. The molecule has 0 bridgehead atoms. The molecule has 0 saturated carbocycles. The van der Waals surface area contributed by atoms with E-state index in [0.29, 0.717) is 11.3 Å². The Morgan fingerprint density at radius 1 is 1.27 bits per heavy atom. The maximum absolute atomic E-state index is 13.1. The van der Waals surface area contributed by atoms with E-state index in [-0.39, 0.29) is 17.6 Å². The minimum absolute atomic E-state index is 0.191. The van der Waals surface area contributed by atoms with Gasteiger partial charge in [-0.2, -0.15) is 0 Å². The third-order valence-corrected chi connectivity index (χ3v) is 8.05. The van der Waals surface area contributed by atoms with Crippen LogP contribution in [0.3, 0.4) is 0 Å². The second-order valence-corrected chi connectivity index (χ2v) is 10.3. The van der Waals surface area contributed by atoms with Crippen LogP contribution in [0.15, 0.2) is 47.8 Å². The van der Waals surface area contributed by atoms with Crippen LogP contribution < -0.4 is 10.6 Å². The first kappa shape index (κ1) is 20.3. The second-order valence-electron chi connectivity index (χ2n) is 7.35. The Morgan fingerprint density at radius 3 is 2.63 bits per heavy atom. The molecule has 30 heavy (non-hydrogen) atoms. The maximum Gasteiger partial charge on any atom is 0.255 e. The first-order valence-corrected chi connectivity index (χ1v) is 11.5. The molecule has 7 nitrogen and oxygen atoms in total. The van der Waals surface area contributed by atoms with E-state index < -0.39 is 21.4 Å². The van der Waals surface area contributed by atoms with Crippen molar-refractivity contribution in [3.05, 3.63) is 64.8 Å². The summed E-state index contributed by atoms with van der Waals surface area (Å²) in [6, 6.07) is 10.6. The number of fused-ring (bicyclic) bond motifs is 1. The van der Waals surface area contributed by atoms with E-state index in [1.165, 1.54) is 42.6 Å². The molecule has 1 unspecified atom stereocenters. The Morgan fingerprint density at radius 2 is 1.97 bits per heavy atom. The van der Waals surface area contributed by atoms with Crippen LogP contribution in [0.1, 0.15) is 22.8 Å². The lowest BCUT2D eigenvalue weighted by Crippen LogP contribution is -2.60. The van der Waals surface area contributed by atoms with Crippen molar-refractivity contribution in [2.75, 3.05) is 18.1 Å². The van der Waals surface area contributed by atoms with Crippen LogP contribution in [0, 0.1) is 11.2 Å². The van der Waals surface area contributed by atoms with Gasteiger partial charge in [0.25, 0.3) is 5.91 Å². The van der Waals surface area contributed by atoms with Crippen molar-refractivity contribution in [1.82, 2.24) is 9.62 Å². The standard InChI is InChI=1S/C20H19FN4O3S2/c1-20(11-30(27,28)25(2)19(22)24-20)16-10-29-17-8-7-14(9-15(16)17)23-18(26)12-3-5-13(21)6-4-12/h3-10H,11H2,1-2H3,(H2,22,24)(H,23,26). The molecule has 10 heteroatoms. The number of sulfonamides is 1. The molecule has 1 aliphatic rings. The predicted octanol–water partition coefficient (Wildman–Crippen LogP) is 3.31. The Balaban J connectivity index is 1.69. The third kappa shape index (κ3) is 3.52. The summed E-state index contributed by atoms with van der Waals surface area (Å²) in [4.78, 5) is 12.5. The smallest absolute Gasteiger partial charge is 0.255 e. The Hall–Kier alpha value is -2.98. The average Bonchev–Trinajstić information content (AvgIpc) is 3.10. The summed E-state index contributed by atoms with van der Waals surface area (Å²) in [7, 11) is -2.28. The number of anilines is 1. The molecule has 4 rings (SSSR count). The van der Waals surface area contributed by atoms with Gasteiger partial charge in [0.2, 0.25) is 16.0 Å². The van der Waals surface area contributed by atoms with Gasteiger partial charge in [-0.05, 0) is 60.3 Å². The molecule has 0 aliphatic carbocycles. The van der Waals surface area contributed by atoms with Crippen molar-refractivity contribution >= 4 is 49.0 Å². The molecular weight excluding hydrogens is 427 g/mol. The molecule has 1 atom stereocenters. The zero-order chi connectivity index (χ0) is 21.7. The van der Waals surface area contributed by atoms with Crippen molar-refractivity contribution in [1.29, 1.82) is 5.41 Å². The highest BCUT2D eigenvalue weighted by atomic mass is 32.2. The van der Waals surface area contributed by atoms with Gasteiger partial charge < -0.3 is 10.6 Å². The number of nitrogens with zero attached hydrogens (tertiary/aromatic N) is 1. The zero-order valence-corrected chi connectivity index (χ0v) is 17.8. The molecule has 0 spiro atoms. The summed E-state index contributed by atoms with van der Waals surface area (Å²) < 4.78 is 39.9. The van der Waals surface area contributed by atoms with Gasteiger partial charge in [0.1, 0.15) is 5.82 Å². The lowest BCUT2D eigenvalue weighted by Gasteiger charge is -2.39. The number of guanidine groups is 1. The average molecular weight is 447 g/mol. The highest BCUT2D eigenvalue weighted by molar-refractivity contribution is 7.89. The van der Waals surface area contributed by atoms with Crippen LogP contribution in [-0.4, -0.2) is 37.4 Å². The lowest BCUT2D eigenvalue weighted by atomic mass is 9.93. The van der Waals surface area contributed by atoms with E-state index >= 15 is 0 Å². The SMILES string of the molecule is CN1C(=N)NC(C)(c2csc3ccc(NC(=O)c4ccc(F)cc4)cc23)CS1(=O)=O. The molecule has 0 radical (unpaired) electrons. The van der Waals surface area contributed by atoms with Gasteiger partial charge in [-0.1, -0.05) is 0 Å². The number of amides is 1. The minimum Gasteiger partial charge on any atom is -0.345 e. The van der Waals surface area contributed by atoms with Crippen molar-refractivity contribution in [3.8, 4) is 0 Å². The first-order chi connectivity index (χ1) is 14.1. The van der Waals surface area contributed by atoms with Crippen molar-refractivity contribution in [2.45, 2.75) is 12.5 Å². The number of carbonyl (C=O) groups excluding carboxylic acids is 1. The van der Waals surface area contributed by atoms with E-state index in [1.807, 2.05) is 11.4 Å². The second kappa shape index (κ2) is 7.06. The highest BCUT2D eigenvalue weighted by Crippen LogP contribution is 2.37. The fourth-order valence-corrected chi connectivity index (χ4v) is 6.01. The summed E-state index contributed by atoms with van der Waals surface area (Å²) in [6.07, 6.45) is 0. The summed E-state index contributed by atoms with van der Waals surface area (Å²) >= 11 is 1.46. The number of thiophene rings is 1. The topological polar surface area (TPSA) is 102 Å². The van der Waals surface area contributed by atoms with Gasteiger partial charge in [-0.3, -0.25) is 10.2 Å². The number of halogens is 1. The van der Waals surface area contributed by atoms with Gasteiger partial charge in [0, 0.05) is 28.4 Å². The molecule has 3 N–H and O–H groups in total. The first-order valence-electron chi connectivity index (χ1n) is 9.01. The summed E-state index contributed by atoms with van der Waals surface area (Å²) in [6.45, 7) is 1.75. The Labute approximate surface area is 177 Å². The Kier molecular flexibility index (Phi) is 4.78. The van der Waals surface area contributed by atoms with Crippen LogP contribution >= 0.6 is 11.3 Å². The fourth-order valence-electron chi connectivity index (χ4n) is 3.46. The van der Waals surface area contributed by atoms with Crippen LogP contribution in [-0.2, 0) is 15.6 Å². The fraction of sp³-hybridized carbons (Fsp3) is 0.200. The van der Waals surface area contributed by atoms with Gasteiger partial charge >= 0.3 is 0 Å². The largest absolute Gasteiger partial charge is 0.345 e. The molecule has 3 aromatic rings. The molecule has 1 fully saturated rings. The van der Waals surface area contributed by atoms with Crippen LogP contribution in [0.25, 0.3) is 10.1 Å². The number of carbonyl (C=O) groups is 1. The lowest BCUT2D eigenvalue weighted by molar-refractivity contribution is 0.102. The van der Waals surface area contributed by atoms with Crippen molar-refractivity contribution in [2.24, 2.45) is 0 Å². The number of benzene rings is 2. The van der Waals surface area contributed by atoms with Gasteiger partial charge in [-0.25, -0.2) is 17.1 Å². The van der Waals surface area contributed by atoms with Crippen LogP contribution in [0.2, 0.25) is 0 Å². The van der Waals surface area contributed by atoms with Gasteiger partial charge in [0.05, 0.1) is 11.3 Å². The third-order valence-electron chi connectivity index (χ3n) is 5.13. The van der Waals surface area contributed by atoms with E-state index in [0.717, 1.165) is 20.0 Å². The minimum atomic E-state index is -3.63. The number of nitrogens with one attached hydrogen (secondary N) is 3. The van der Waals surface area contributed by atoms with E-state index in [1.54, 1.807) is 19.1 Å². The molecule has 1 amide bonds. The highest BCUT2D eigenvalue weighted by Gasteiger charge is 2.43. The molecule has 1 saturated heterocycles. The zero-order valence-electron chi connectivity index (χ0n) is 16.2. The quantitative estimate of drug-likeness (QED) is 0.574. The molecule has 1 aliphatic heterocycles.